The second-order valence-electron chi connectivity index (χ2n) is 5.60. The molecule has 0 atom stereocenters. The topological polar surface area (TPSA) is 41.1 Å². The Hall–Kier alpha value is -1.42. The number of amides is 1. The lowest BCUT2D eigenvalue weighted by Gasteiger charge is -2.29. The van der Waals surface area contributed by atoms with Gasteiger partial charge < -0.3 is 10.6 Å². The number of halogens is 1. The van der Waals surface area contributed by atoms with Gasteiger partial charge in [-0.05, 0) is 62.9 Å². The largest absolute Gasteiger partial charge is 0.349 e. The number of carbonyl (C=O) groups is 1. The summed E-state index contributed by atoms with van der Waals surface area (Å²) < 4.78 is 13.3. The normalized spacial score (nSPS) is 22.6. The minimum atomic E-state index is -0.356. The van der Waals surface area contributed by atoms with Gasteiger partial charge in [-0.15, -0.1) is 0 Å². The Bertz CT molecular complexity index is 447. The zero-order valence-corrected chi connectivity index (χ0v) is 12.2. The van der Waals surface area contributed by atoms with Gasteiger partial charge in [-0.3, -0.25) is 4.79 Å². The summed E-state index contributed by atoms with van der Waals surface area (Å²) in [7, 11) is 0. The number of aryl methyl sites for hydroxylation is 1. The maximum absolute atomic E-state index is 13.3. The Kier molecular flexibility index (Phi) is 5.12. The molecule has 2 rings (SSSR count). The van der Waals surface area contributed by atoms with Crippen LogP contribution in [0.1, 0.15) is 48.5 Å². The smallest absolute Gasteiger partial charge is 0.251 e. The van der Waals surface area contributed by atoms with Crippen LogP contribution < -0.4 is 10.6 Å². The fourth-order valence-electron chi connectivity index (χ4n) is 2.87. The molecule has 0 radical (unpaired) electrons. The van der Waals surface area contributed by atoms with E-state index in [0.717, 1.165) is 37.8 Å². The predicted molar refractivity (Wildman–Crippen MR) is 78.3 cm³/mol. The molecule has 3 nitrogen and oxygen atoms in total. The zero-order valence-electron chi connectivity index (χ0n) is 12.2. The van der Waals surface area contributed by atoms with Gasteiger partial charge in [-0.2, -0.15) is 0 Å². The summed E-state index contributed by atoms with van der Waals surface area (Å²) in [6.45, 7) is 4.89. The lowest BCUT2D eigenvalue weighted by molar-refractivity contribution is 0.0924. The van der Waals surface area contributed by atoms with Crippen LogP contribution in [-0.4, -0.2) is 24.5 Å². The van der Waals surface area contributed by atoms with Gasteiger partial charge in [0.1, 0.15) is 5.82 Å². The quantitative estimate of drug-likeness (QED) is 0.889. The van der Waals surface area contributed by atoms with Gasteiger partial charge >= 0.3 is 0 Å². The highest BCUT2D eigenvalue weighted by Crippen LogP contribution is 2.19. The van der Waals surface area contributed by atoms with Crippen LogP contribution in [0.3, 0.4) is 0 Å². The molecule has 1 aliphatic carbocycles. The second kappa shape index (κ2) is 6.84. The predicted octanol–water partition coefficient (Wildman–Crippen LogP) is 2.78. The average molecular weight is 278 g/mol. The molecule has 1 amide bonds. The number of carbonyl (C=O) groups excluding carboxylic acids is 1. The van der Waals surface area contributed by atoms with Crippen molar-refractivity contribution in [3.8, 4) is 0 Å². The molecule has 4 heteroatoms. The van der Waals surface area contributed by atoms with E-state index in [2.05, 4.69) is 17.6 Å². The highest BCUT2D eigenvalue weighted by molar-refractivity contribution is 5.94. The summed E-state index contributed by atoms with van der Waals surface area (Å²) in [5.41, 5.74) is 1.18. The van der Waals surface area contributed by atoms with Crippen molar-refractivity contribution < 1.29 is 9.18 Å². The van der Waals surface area contributed by atoms with Gasteiger partial charge in [0.05, 0.1) is 0 Å². The molecule has 1 aromatic rings. The fraction of sp³-hybridized carbons (Fsp3) is 0.562. The zero-order chi connectivity index (χ0) is 14.5. The Morgan fingerprint density at radius 1 is 1.20 bits per heavy atom. The van der Waals surface area contributed by atoms with Crippen molar-refractivity contribution in [3.05, 3.63) is 35.1 Å². The third-order valence-corrected chi connectivity index (χ3v) is 3.86. The number of hydrogen-bond donors (Lipinski definition) is 2. The van der Waals surface area contributed by atoms with E-state index in [1.165, 1.54) is 12.1 Å². The van der Waals surface area contributed by atoms with Crippen LogP contribution >= 0.6 is 0 Å². The van der Waals surface area contributed by atoms with E-state index in [0.29, 0.717) is 11.6 Å². The Balaban J connectivity index is 1.89. The van der Waals surface area contributed by atoms with E-state index >= 15 is 0 Å². The summed E-state index contributed by atoms with van der Waals surface area (Å²) in [5.74, 6) is -0.523. The van der Waals surface area contributed by atoms with Crippen molar-refractivity contribution in [2.45, 2.75) is 51.6 Å². The van der Waals surface area contributed by atoms with Crippen LogP contribution in [-0.2, 0) is 0 Å². The van der Waals surface area contributed by atoms with Crippen molar-refractivity contribution in [2.75, 3.05) is 6.54 Å². The highest BCUT2D eigenvalue weighted by atomic mass is 19.1. The minimum absolute atomic E-state index is 0.167. The Morgan fingerprint density at radius 2 is 1.85 bits per heavy atom. The number of hydrogen-bond acceptors (Lipinski definition) is 2. The van der Waals surface area contributed by atoms with Crippen molar-refractivity contribution in [1.82, 2.24) is 10.6 Å². The molecule has 20 heavy (non-hydrogen) atoms. The molecular formula is C16H23FN2O. The standard InChI is InChI=1S/C16H23FN2O/c1-3-18-14-4-6-15(7-5-14)19-16(20)12-8-11(2)9-13(17)10-12/h8-10,14-15,18H,3-7H2,1-2H3,(H,19,20). The summed E-state index contributed by atoms with van der Waals surface area (Å²) in [5, 5.41) is 6.46. The summed E-state index contributed by atoms with van der Waals surface area (Å²) in [4.78, 5) is 12.1. The monoisotopic (exact) mass is 278 g/mol. The number of nitrogens with one attached hydrogen (secondary N) is 2. The molecular weight excluding hydrogens is 255 g/mol. The van der Waals surface area contributed by atoms with Crippen molar-refractivity contribution in [1.29, 1.82) is 0 Å². The molecule has 2 N–H and O–H groups in total. The van der Waals surface area contributed by atoms with E-state index in [1.807, 2.05) is 0 Å². The third-order valence-electron chi connectivity index (χ3n) is 3.86. The fourth-order valence-corrected chi connectivity index (χ4v) is 2.87. The number of benzene rings is 1. The first-order chi connectivity index (χ1) is 9.58. The third kappa shape index (κ3) is 4.04. The SMILES string of the molecule is CCNC1CCC(NC(=O)c2cc(C)cc(F)c2)CC1. The van der Waals surface area contributed by atoms with E-state index in [9.17, 15) is 9.18 Å². The van der Waals surface area contributed by atoms with Crippen LogP contribution in [0.4, 0.5) is 4.39 Å². The van der Waals surface area contributed by atoms with Crippen molar-refractivity contribution >= 4 is 5.91 Å². The Morgan fingerprint density at radius 3 is 2.45 bits per heavy atom. The first-order valence-electron chi connectivity index (χ1n) is 7.40. The molecule has 1 saturated carbocycles. The molecule has 0 heterocycles. The van der Waals surface area contributed by atoms with Gasteiger partial charge in [0.25, 0.3) is 5.91 Å². The maximum Gasteiger partial charge on any atom is 0.251 e. The molecule has 1 aromatic carbocycles. The van der Waals surface area contributed by atoms with Crippen LogP contribution in [0, 0.1) is 12.7 Å². The first kappa shape index (κ1) is 15.0. The first-order valence-corrected chi connectivity index (χ1v) is 7.40. The van der Waals surface area contributed by atoms with Gasteiger partial charge in [-0.25, -0.2) is 4.39 Å². The molecule has 110 valence electrons. The lowest BCUT2D eigenvalue weighted by atomic mass is 9.91. The highest BCUT2D eigenvalue weighted by Gasteiger charge is 2.22. The van der Waals surface area contributed by atoms with E-state index in [4.69, 9.17) is 0 Å². The van der Waals surface area contributed by atoms with Crippen molar-refractivity contribution in [2.24, 2.45) is 0 Å². The average Bonchev–Trinajstić information content (AvgIpc) is 2.40. The lowest BCUT2D eigenvalue weighted by Crippen LogP contribution is -2.42. The van der Waals surface area contributed by atoms with Gasteiger partial charge in [0, 0.05) is 17.6 Å². The second-order valence-corrected chi connectivity index (χ2v) is 5.60. The molecule has 0 saturated heterocycles. The van der Waals surface area contributed by atoms with E-state index in [1.54, 1.807) is 13.0 Å². The summed E-state index contributed by atoms with van der Waals surface area (Å²) in [6, 6.07) is 5.23. The molecule has 1 fully saturated rings. The summed E-state index contributed by atoms with van der Waals surface area (Å²) in [6.07, 6.45) is 4.14. The van der Waals surface area contributed by atoms with Crippen LogP contribution in [0.25, 0.3) is 0 Å². The summed E-state index contributed by atoms with van der Waals surface area (Å²) >= 11 is 0. The maximum atomic E-state index is 13.3. The molecule has 0 aromatic heterocycles. The van der Waals surface area contributed by atoms with Crippen molar-refractivity contribution in [3.63, 3.8) is 0 Å². The van der Waals surface area contributed by atoms with Crippen LogP contribution in [0.5, 0.6) is 0 Å². The molecule has 0 aliphatic heterocycles. The van der Waals surface area contributed by atoms with Crippen LogP contribution in [0.2, 0.25) is 0 Å². The molecule has 0 spiro atoms. The van der Waals surface area contributed by atoms with Gasteiger partial charge in [0.15, 0.2) is 0 Å². The van der Waals surface area contributed by atoms with E-state index in [-0.39, 0.29) is 17.8 Å². The molecule has 0 bridgehead atoms. The van der Waals surface area contributed by atoms with Gasteiger partial charge in [0.2, 0.25) is 0 Å². The molecule has 0 unspecified atom stereocenters. The minimum Gasteiger partial charge on any atom is -0.349 e. The Labute approximate surface area is 120 Å². The number of rotatable bonds is 4. The van der Waals surface area contributed by atoms with Crippen LogP contribution in [0.15, 0.2) is 18.2 Å². The van der Waals surface area contributed by atoms with Gasteiger partial charge in [-0.1, -0.05) is 6.92 Å². The molecule has 1 aliphatic rings. The van der Waals surface area contributed by atoms with E-state index < -0.39 is 0 Å².